The van der Waals surface area contributed by atoms with Crippen LogP contribution in [0, 0.1) is 6.92 Å². The number of nitrogens with zero attached hydrogens (tertiary/aromatic N) is 4. The highest BCUT2D eigenvalue weighted by molar-refractivity contribution is 6.04. The minimum atomic E-state index is -0.221. The summed E-state index contributed by atoms with van der Waals surface area (Å²) in [5, 5.41) is 2.88. The molecule has 0 radical (unpaired) electrons. The van der Waals surface area contributed by atoms with Gasteiger partial charge in [0.1, 0.15) is 35.2 Å². The smallest absolute Gasteiger partial charge is 0.255 e. The van der Waals surface area contributed by atoms with Crippen LogP contribution in [-0.4, -0.2) is 25.4 Å². The lowest BCUT2D eigenvalue weighted by Gasteiger charge is -2.09. The van der Waals surface area contributed by atoms with Gasteiger partial charge in [-0.1, -0.05) is 18.2 Å². The van der Waals surface area contributed by atoms with Crippen LogP contribution in [0.15, 0.2) is 104 Å². The number of anilines is 1. The van der Waals surface area contributed by atoms with Crippen LogP contribution in [0.25, 0.3) is 5.82 Å². The fourth-order valence-corrected chi connectivity index (χ4v) is 3.37. The Balaban J connectivity index is 1.20. The molecular weight excluding hydrogens is 442 g/mol. The summed E-state index contributed by atoms with van der Waals surface area (Å²) in [5.41, 5.74) is 1.17. The summed E-state index contributed by atoms with van der Waals surface area (Å²) in [6.07, 6.45) is 4.97. The van der Waals surface area contributed by atoms with E-state index in [0.29, 0.717) is 34.4 Å². The lowest BCUT2D eigenvalue weighted by molar-refractivity contribution is 0.102. The van der Waals surface area contributed by atoms with Crippen LogP contribution < -0.4 is 14.8 Å². The standard InChI is InChI=1S/C27H21N5O3/c1-19-28-15-16-32(19)25-17-26(30-18-29-25)35-24-13-9-21(10-14-24)31-27(33)20-7-11-23(12-8-20)34-22-5-3-2-4-6-22/h2-18H,1H3,(H,31,33). The van der Waals surface area contributed by atoms with Crippen molar-refractivity contribution in [3.8, 4) is 28.9 Å². The number of hydrogen-bond acceptors (Lipinski definition) is 6. The molecule has 0 aliphatic rings. The summed E-state index contributed by atoms with van der Waals surface area (Å²) in [5.74, 6) is 3.63. The molecule has 8 nitrogen and oxygen atoms in total. The number of benzene rings is 3. The number of ether oxygens (including phenoxy) is 2. The molecule has 0 aliphatic heterocycles. The van der Waals surface area contributed by atoms with Crippen molar-refractivity contribution in [2.75, 3.05) is 5.32 Å². The summed E-state index contributed by atoms with van der Waals surface area (Å²) in [4.78, 5) is 25.3. The van der Waals surface area contributed by atoms with Crippen LogP contribution in [0.5, 0.6) is 23.1 Å². The molecule has 0 saturated carbocycles. The lowest BCUT2D eigenvalue weighted by atomic mass is 10.2. The van der Waals surface area contributed by atoms with Crippen LogP contribution in [0.3, 0.4) is 0 Å². The Hall–Kier alpha value is -4.98. The predicted octanol–water partition coefficient (Wildman–Crippen LogP) is 5.81. The number of imidazole rings is 1. The zero-order valence-corrected chi connectivity index (χ0v) is 18.8. The zero-order chi connectivity index (χ0) is 24.0. The van der Waals surface area contributed by atoms with Crippen molar-refractivity contribution in [3.05, 3.63) is 115 Å². The highest BCUT2D eigenvalue weighted by atomic mass is 16.5. The van der Waals surface area contributed by atoms with Gasteiger partial charge in [0.2, 0.25) is 5.88 Å². The van der Waals surface area contributed by atoms with Crippen LogP contribution in [-0.2, 0) is 0 Å². The minimum Gasteiger partial charge on any atom is -0.457 e. The molecule has 5 rings (SSSR count). The van der Waals surface area contributed by atoms with E-state index in [9.17, 15) is 4.79 Å². The maximum absolute atomic E-state index is 12.6. The van der Waals surface area contributed by atoms with Gasteiger partial charge < -0.3 is 14.8 Å². The number of aryl methyl sites for hydroxylation is 1. The zero-order valence-electron chi connectivity index (χ0n) is 18.8. The third-order valence-corrected chi connectivity index (χ3v) is 5.13. The van der Waals surface area contributed by atoms with Crippen molar-refractivity contribution >= 4 is 11.6 Å². The Bertz CT molecular complexity index is 1430. The number of amides is 1. The van der Waals surface area contributed by atoms with Crippen LogP contribution in [0.1, 0.15) is 16.2 Å². The van der Waals surface area contributed by atoms with Gasteiger partial charge in [-0.15, -0.1) is 0 Å². The normalized spacial score (nSPS) is 10.5. The molecule has 1 amide bonds. The molecule has 0 bridgehead atoms. The average molecular weight is 463 g/mol. The van der Waals surface area contributed by atoms with E-state index >= 15 is 0 Å². The van der Waals surface area contributed by atoms with Gasteiger partial charge >= 0.3 is 0 Å². The van der Waals surface area contributed by atoms with Crippen molar-refractivity contribution in [2.24, 2.45) is 0 Å². The topological polar surface area (TPSA) is 91.2 Å². The first-order valence-corrected chi connectivity index (χ1v) is 10.9. The summed E-state index contributed by atoms with van der Waals surface area (Å²) in [7, 11) is 0. The van der Waals surface area contributed by atoms with E-state index < -0.39 is 0 Å². The fourth-order valence-electron chi connectivity index (χ4n) is 3.37. The van der Waals surface area contributed by atoms with Gasteiger partial charge in [0.05, 0.1) is 0 Å². The molecule has 8 heteroatoms. The second-order valence-electron chi connectivity index (χ2n) is 7.58. The van der Waals surface area contributed by atoms with E-state index in [1.165, 1.54) is 6.33 Å². The maximum Gasteiger partial charge on any atom is 0.255 e. The highest BCUT2D eigenvalue weighted by Gasteiger charge is 2.09. The Morgan fingerprint density at radius 2 is 1.49 bits per heavy atom. The molecule has 1 N–H and O–H groups in total. The van der Waals surface area contributed by atoms with Crippen molar-refractivity contribution in [3.63, 3.8) is 0 Å². The quantitative estimate of drug-likeness (QED) is 0.328. The number of aromatic nitrogens is 4. The summed E-state index contributed by atoms with van der Waals surface area (Å²) in [6, 6.07) is 25.2. The summed E-state index contributed by atoms with van der Waals surface area (Å²) in [6.45, 7) is 1.89. The largest absolute Gasteiger partial charge is 0.457 e. The first-order valence-electron chi connectivity index (χ1n) is 10.9. The third kappa shape index (κ3) is 5.33. The third-order valence-electron chi connectivity index (χ3n) is 5.13. The van der Waals surface area contributed by atoms with Crippen LogP contribution in [0.4, 0.5) is 5.69 Å². The van der Waals surface area contributed by atoms with Crippen LogP contribution >= 0.6 is 0 Å². The van der Waals surface area contributed by atoms with Gasteiger partial charge in [-0.25, -0.2) is 15.0 Å². The summed E-state index contributed by atoms with van der Waals surface area (Å²) < 4.78 is 13.5. The Kier molecular flexibility index (Phi) is 6.17. The molecular formula is C27H21N5O3. The molecule has 2 aromatic heterocycles. The van der Waals surface area contributed by atoms with Crippen molar-refractivity contribution in [1.82, 2.24) is 19.5 Å². The predicted molar refractivity (Wildman–Crippen MR) is 131 cm³/mol. The number of carbonyl (C=O) groups excluding carboxylic acids is 1. The molecule has 172 valence electrons. The van der Waals surface area contributed by atoms with Gasteiger partial charge in [-0.2, -0.15) is 0 Å². The van der Waals surface area contributed by atoms with Gasteiger partial charge in [0.25, 0.3) is 5.91 Å². The maximum atomic E-state index is 12.6. The van der Waals surface area contributed by atoms with E-state index in [-0.39, 0.29) is 5.91 Å². The molecule has 0 spiro atoms. The van der Waals surface area contributed by atoms with Gasteiger partial charge in [-0.05, 0) is 67.6 Å². The molecule has 0 saturated heterocycles. The molecule has 35 heavy (non-hydrogen) atoms. The molecule has 3 aromatic carbocycles. The molecule has 0 unspecified atom stereocenters. The number of hydrogen-bond donors (Lipinski definition) is 1. The van der Waals surface area contributed by atoms with Gasteiger partial charge in [0.15, 0.2) is 0 Å². The number of carbonyl (C=O) groups is 1. The van der Waals surface area contributed by atoms with E-state index in [4.69, 9.17) is 9.47 Å². The first kappa shape index (κ1) is 21.8. The molecule has 0 fully saturated rings. The van der Waals surface area contributed by atoms with Gasteiger partial charge in [-0.3, -0.25) is 9.36 Å². The van der Waals surface area contributed by atoms with Crippen molar-refractivity contribution < 1.29 is 14.3 Å². The van der Waals surface area contributed by atoms with E-state index in [1.54, 1.807) is 60.8 Å². The second-order valence-corrected chi connectivity index (χ2v) is 7.58. The molecule has 0 aliphatic carbocycles. The number of rotatable bonds is 7. The van der Waals surface area contributed by atoms with Gasteiger partial charge in [0, 0.05) is 29.7 Å². The Morgan fingerprint density at radius 3 is 2.20 bits per heavy atom. The van der Waals surface area contributed by atoms with Crippen molar-refractivity contribution in [2.45, 2.75) is 6.92 Å². The number of nitrogens with one attached hydrogen (secondary N) is 1. The molecule has 2 heterocycles. The monoisotopic (exact) mass is 463 g/mol. The summed E-state index contributed by atoms with van der Waals surface area (Å²) >= 11 is 0. The number of para-hydroxylation sites is 1. The average Bonchev–Trinajstić information content (AvgIpc) is 3.32. The SMILES string of the molecule is Cc1nccn1-c1cc(Oc2ccc(NC(=O)c3ccc(Oc4ccccc4)cc3)cc2)ncn1. The molecule has 0 atom stereocenters. The van der Waals surface area contributed by atoms with E-state index in [0.717, 1.165) is 11.6 Å². The Morgan fingerprint density at radius 1 is 0.800 bits per heavy atom. The Labute approximate surface area is 201 Å². The van der Waals surface area contributed by atoms with E-state index in [1.807, 2.05) is 48.0 Å². The van der Waals surface area contributed by atoms with Crippen LogP contribution in [0.2, 0.25) is 0 Å². The fraction of sp³-hybridized carbons (Fsp3) is 0.0370. The van der Waals surface area contributed by atoms with Crippen molar-refractivity contribution in [1.29, 1.82) is 0 Å². The lowest BCUT2D eigenvalue weighted by Crippen LogP contribution is -2.11. The minimum absolute atomic E-state index is 0.221. The molecule has 5 aromatic rings. The first-order chi connectivity index (χ1) is 17.1. The highest BCUT2D eigenvalue weighted by Crippen LogP contribution is 2.24. The van der Waals surface area contributed by atoms with E-state index in [2.05, 4.69) is 20.3 Å². The second kappa shape index (κ2) is 9.88.